The number of anilines is 1. The molecule has 4 aromatic rings. The lowest BCUT2D eigenvalue weighted by atomic mass is 10.0. The second-order valence-electron chi connectivity index (χ2n) is 8.16. The molecule has 0 spiro atoms. The lowest BCUT2D eigenvalue weighted by molar-refractivity contribution is 0.0769. The number of amides is 1. The summed E-state index contributed by atoms with van der Waals surface area (Å²) in [5.41, 5.74) is 4.94. The molecule has 0 radical (unpaired) electrons. The van der Waals surface area contributed by atoms with Crippen LogP contribution in [-0.4, -0.2) is 47.1 Å². The van der Waals surface area contributed by atoms with E-state index >= 15 is 0 Å². The molecule has 0 aliphatic carbocycles. The van der Waals surface area contributed by atoms with Gasteiger partial charge in [-0.1, -0.05) is 35.5 Å². The number of hydrogen-bond donors (Lipinski definition) is 0. The maximum absolute atomic E-state index is 13.7. The van der Waals surface area contributed by atoms with Crippen LogP contribution < -0.4 is 4.90 Å². The van der Waals surface area contributed by atoms with Crippen molar-refractivity contribution in [3.63, 3.8) is 0 Å². The minimum absolute atomic E-state index is 0.0347. The Morgan fingerprint density at radius 2 is 1.82 bits per heavy atom. The molecule has 1 aliphatic heterocycles. The van der Waals surface area contributed by atoms with E-state index in [0.29, 0.717) is 46.7 Å². The van der Waals surface area contributed by atoms with E-state index < -0.39 is 0 Å². The Labute approximate surface area is 191 Å². The van der Waals surface area contributed by atoms with E-state index in [-0.39, 0.29) is 5.91 Å². The summed E-state index contributed by atoms with van der Waals surface area (Å²) in [6.45, 7) is 4.68. The number of carbonyl (C=O) groups excluding carboxylic acids is 1. The van der Waals surface area contributed by atoms with Crippen molar-refractivity contribution in [1.29, 1.82) is 5.26 Å². The molecule has 1 aliphatic rings. The molecule has 0 unspecified atom stereocenters. The topological polar surface area (TPSA) is 86.3 Å². The molecule has 1 fully saturated rings. The molecule has 0 saturated carbocycles. The predicted octanol–water partition coefficient (Wildman–Crippen LogP) is 4.42. The molecular weight excluding hydrogens is 414 g/mol. The van der Waals surface area contributed by atoms with Crippen LogP contribution in [-0.2, 0) is 0 Å². The zero-order chi connectivity index (χ0) is 22.8. The number of fused-ring (bicyclic) bond motifs is 1. The number of nitriles is 1. The second kappa shape index (κ2) is 8.75. The van der Waals surface area contributed by atoms with Gasteiger partial charge in [-0.25, -0.2) is 4.98 Å². The SMILES string of the molecule is Cc1noc2nc(-c3ccccc3)cc(C(=O)N3CCCN(c4ccc(C#N)cc4)CC3)c12. The molecule has 1 saturated heterocycles. The Morgan fingerprint density at radius 1 is 1.03 bits per heavy atom. The fraction of sp³-hybridized carbons (Fsp3) is 0.231. The van der Waals surface area contributed by atoms with Gasteiger partial charge in [-0.3, -0.25) is 4.79 Å². The highest BCUT2D eigenvalue weighted by molar-refractivity contribution is 6.07. The molecule has 7 nitrogen and oxygen atoms in total. The Bertz CT molecular complexity index is 1340. The van der Waals surface area contributed by atoms with Crippen molar-refractivity contribution >= 4 is 22.7 Å². The van der Waals surface area contributed by atoms with Gasteiger partial charge in [-0.15, -0.1) is 0 Å². The molecule has 33 heavy (non-hydrogen) atoms. The van der Waals surface area contributed by atoms with Gasteiger partial charge in [-0.2, -0.15) is 5.26 Å². The Hall–Kier alpha value is -4.18. The number of pyridine rings is 1. The zero-order valence-electron chi connectivity index (χ0n) is 18.4. The summed E-state index contributed by atoms with van der Waals surface area (Å²) in [4.78, 5) is 22.5. The number of nitrogens with zero attached hydrogens (tertiary/aromatic N) is 5. The van der Waals surface area contributed by atoms with Crippen LogP contribution in [0.25, 0.3) is 22.4 Å². The van der Waals surface area contributed by atoms with Crippen LogP contribution >= 0.6 is 0 Å². The molecule has 2 aromatic carbocycles. The highest BCUT2D eigenvalue weighted by Gasteiger charge is 2.25. The largest absolute Gasteiger partial charge is 0.370 e. The fourth-order valence-corrected chi connectivity index (χ4v) is 4.32. The number of rotatable bonds is 3. The first-order valence-electron chi connectivity index (χ1n) is 11.0. The van der Waals surface area contributed by atoms with Gasteiger partial charge in [-0.05, 0) is 43.7 Å². The lowest BCUT2D eigenvalue weighted by Gasteiger charge is -2.24. The highest BCUT2D eigenvalue weighted by atomic mass is 16.5. The van der Waals surface area contributed by atoms with Gasteiger partial charge >= 0.3 is 0 Å². The number of carbonyl (C=O) groups is 1. The standard InChI is InChI=1S/C26H23N5O2/c1-18-24-22(16-23(28-25(24)33-29-18)20-6-3-2-4-7-20)26(32)31-13-5-12-30(14-15-31)21-10-8-19(17-27)9-11-21/h2-4,6-11,16H,5,12-15H2,1H3. The third kappa shape index (κ3) is 4.03. The monoisotopic (exact) mass is 437 g/mol. The first kappa shape index (κ1) is 20.7. The smallest absolute Gasteiger partial charge is 0.259 e. The summed E-state index contributed by atoms with van der Waals surface area (Å²) in [7, 11) is 0. The van der Waals surface area contributed by atoms with Crippen molar-refractivity contribution in [2.24, 2.45) is 0 Å². The maximum atomic E-state index is 13.7. The molecule has 3 heterocycles. The molecule has 0 N–H and O–H groups in total. The van der Waals surface area contributed by atoms with Gasteiger partial charge in [0.15, 0.2) is 0 Å². The van der Waals surface area contributed by atoms with E-state index in [0.717, 1.165) is 30.8 Å². The van der Waals surface area contributed by atoms with Gasteiger partial charge in [0.1, 0.15) is 0 Å². The summed E-state index contributed by atoms with van der Waals surface area (Å²) in [5, 5.41) is 13.8. The van der Waals surface area contributed by atoms with Gasteiger partial charge in [0.25, 0.3) is 11.6 Å². The van der Waals surface area contributed by atoms with E-state index in [1.54, 1.807) is 0 Å². The van der Waals surface area contributed by atoms with Crippen molar-refractivity contribution in [3.8, 4) is 17.3 Å². The first-order valence-corrected chi connectivity index (χ1v) is 11.0. The van der Waals surface area contributed by atoms with Crippen molar-refractivity contribution in [2.75, 3.05) is 31.1 Å². The molecule has 164 valence electrons. The van der Waals surface area contributed by atoms with Gasteiger partial charge in [0.2, 0.25) is 0 Å². The maximum Gasteiger partial charge on any atom is 0.259 e. The third-order valence-corrected chi connectivity index (χ3v) is 6.06. The quantitative estimate of drug-likeness (QED) is 0.472. The van der Waals surface area contributed by atoms with Gasteiger partial charge in [0.05, 0.1) is 34.0 Å². The summed E-state index contributed by atoms with van der Waals surface area (Å²) < 4.78 is 5.44. The number of hydrogen-bond acceptors (Lipinski definition) is 6. The molecule has 5 rings (SSSR count). The molecular formula is C26H23N5O2. The van der Waals surface area contributed by atoms with Crippen LogP contribution in [0.4, 0.5) is 5.69 Å². The summed E-state index contributed by atoms with van der Waals surface area (Å²) >= 11 is 0. The number of aryl methyl sites for hydroxylation is 1. The Morgan fingerprint density at radius 3 is 2.58 bits per heavy atom. The van der Waals surface area contributed by atoms with Crippen LogP contribution in [0, 0.1) is 18.3 Å². The van der Waals surface area contributed by atoms with Crippen LogP contribution in [0.1, 0.15) is 28.0 Å². The molecule has 2 aromatic heterocycles. The van der Waals surface area contributed by atoms with Crippen molar-refractivity contribution in [3.05, 3.63) is 77.5 Å². The van der Waals surface area contributed by atoms with Crippen LogP contribution in [0.5, 0.6) is 0 Å². The first-order chi connectivity index (χ1) is 16.1. The van der Waals surface area contributed by atoms with Crippen molar-refractivity contribution in [2.45, 2.75) is 13.3 Å². The van der Waals surface area contributed by atoms with Crippen LogP contribution in [0.3, 0.4) is 0 Å². The average molecular weight is 438 g/mol. The molecule has 7 heteroatoms. The van der Waals surface area contributed by atoms with Crippen molar-refractivity contribution in [1.82, 2.24) is 15.0 Å². The second-order valence-corrected chi connectivity index (χ2v) is 8.16. The van der Waals surface area contributed by atoms with E-state index in [2.05, 4.69) is 21.1 Å². The summed E-state index contributed by atoms with van der Waals surface area (Å²) in [6.07, 6.45) is 0.855. The van der Waals surface area contributed by atoms with E-state index in [1.165, 1.54) is 0 Å². The molecule has 0 atom stereocenters. The molecule has 0 bridgehead atoms. The van der Waals surface area contributed by atoms with Crippen LogP contribution in [0.2, 0.25) is 0 Å². The Kier molecular flexibility index (Phi) is 5.49. The molecule has 1 amide bonds. The third-order valence-electron chi connectivity index (χ3n) is 6.06. The van der Waals surface area contributed by atoms with Crippen molar-refractivity contribution < 1.29 is 9.32 Å². The van der Waals surface area contributed by atoms with E-state index in [9.17, 15) is 4.79 Å². The lowest BCUT2D eigenvalue weighted by Crippen LogP contribution is -2.35. The number of benzene rings is 2. The van der Waals surface area contributed by atoms with E-state index in [4.69, 9.17) is 9.78 Å². The number of aromatic nitrogens is 2. The minimum Gasteiger partial charge on any atom is -0.370 e. The van der Waals surface area contributed by atoms with E-state index in [1.807, 2.05) is 72.5 Å². The minimum atomic E-state index is -0.0347. The van der Waals surface area contributed by atoms with Crippen LogP contribution in [0.15, 0.2) is 65.2 Å². The predicted molar refractivity (Wildman–Crippen MR) is 126 cm³/mol. The fourth-order valence-electron chi connectivity index (χ4n) is 4.32. The highest BCUT2D eigenvalue weighted by Crippen LogP contribution is 2.28. The normalized spacial score (nSPS) is 14.2. The Balaban J connectivity index is 1.43. The summed E-state index contributed by atoms with van der Waals surface area (Å²) in [6, 6.07) is 21.4. The van der Waals surface area contributed by atoms with Gasteiger partial charge in [0, 0.05) is 37.4 Å². The van der Waals surface area contributed by atoms with Gasteiger partial charge < -0.3 is 14.3 Å². The zero-order valence-corrected chi connectivity index (χ0v) is 18.4. The summed E-state index contributed by atoms with van der Waals surface area (Å²) in [5.74, 6) is -0.0347. The average Bonchev–Trinajstić information content (AvgIpc) is 3.08.